The Kier molecular flexibility index (Phi) is 5.63. The van der Waals surface area contributed by atoms with Gasteiger partial charge in [0, 0.05) is 10.9 Å². The highest BCUT2D eigenvalue weighted by atomic mass is 32.1. The highest BCUT2D eigenvalue weighted by Crippen LogP contribution is 2.33. The summed E-state index contributed by atoms with van der Waals surface area (Å²) < 4.78 is 43.0. The molecule has 0 fully saturated rings. The third-order valence-corrected chi connectivity index (χ3v) is 5.16. The summed E-state index contributed by atoms with van der Waals surface area (Å²) in [5.41, 5.74) is 0.529. The van der Waals surface area contributed by atoms with Gasteiger partial charge < -0.3 is 19.0 Å². The topological polar surface area (TPSA) is 94.7 Å². The number of hydrogen-bond donors (Lipinski definition) is 1. The Labute approximate surface area is 178 Å². The number of phenols is 1. The van der Waals surface area contributed by atoms with Crippen molar-refractivity contribution in [2.45, 2.75) is 6.61 Å². The van der Waals surface area contributed by atoms with Gasteiger partial charge in [-0.15, -0.1) is 11.3 Å². The minimum Gasteiger partial charge on any atom is -0.504 e. The lowest BCUT2D eigenvalue weighted by molar-refractivity contribution is 0.0461. The van der Waals surface area contributed by atoms with Gasteiger partial charge in [-0.05, 0) is 30.3 Å². The van der Waals surface area contributed by atoms with Gasteiger partial charge in [0.25, 0.3) is 0 Å². The van der Waals surface area contributed by atoms with E-state index in [1.54, 1.807) is 17.5 Å². The van der Waals surface area contributed by atoms with Crippen molar-refractivity contribution < 1.29 is 32.6 Å². The highest BCUT2D eigenvalue weighted by molar-refractivity contribution is 7.13. The molecular formula is C21H14F2N2O5S. The second kappa shape index (κ2) is 8.52. The fraction of sp³-hybridized carbons (Fsp3) is 0.0952. The Hall–Kier alpha value is -3.79. The number of methoxy groups -OCH3 is 1. The molecule has 4 rings (SSSR count). The average Bonchev–Trinajstić information content (AvgIpc) is 3.42. The number of hydrogen-bond acceptors (Lipinski definition) is 8. The van der Waals surface area contributed by atoms with E-state index >= 15 is 0 Å². The molecule has 0 radical (unpaired) electrons. The molecule has 2 heterocycles. The smallest absolute Gasteiger partial charge is 0.360 e. The normalized spacial score (nSPS) is 10.8. The Morgan fingerprint density at radius 2 is 1.97 bits per heavy atom. The quantitative estimate of drug-likeness (QED) is 0.426. The Balaban J connectivity index is 1.44. The molecule has 2 aromatic carbocycles. The fourth-order valence-electron chi connectivity index (χ4n) is 2.71. The number of nitrogens with zero attached hydrogens (tertiary/aromatic N) is 2. The van der Waals surface area contributed by atoms with Gasteiger partial charge in [0.05, 0.1) is 12.8 Å². The number of aromatic hydroxyl groups is 1. The van der Waals surface area contributed by atoms with Gasteiger partial charge in [-0.3, -0.25) is 0 Å². The molecule has 7 nitrogen and oxygen atoms in total. The van der Waals surface area contributed by atoms with Crippen molar-refractivity contribution in [1.29, 1.82) is 0 Å². The van der Waals surface area contributed by atoms with Crippen LogP contribution >= 0.6 is 11.3 Å². The molecule has 0 aliphatic rings. The van der Waals surface area contributed by atoms with Gasteiger partial charge in [0.15, 0.2) is 17.2 Å². The Morgan fingerprint density at radius 3 is 2.71 bits per heavy atom. The van der Waals surface area contributed by atoms with Crippen LogP contribution in [-0.2, 0) is 11.3 Å². The lowest BCUT2D eigenvalue weighted by Gasteiger charge is -2.04. The van der Waals surface area contributed by atoms with Crippen LogP contribution in [0, 0.1) is 11.6 Å². The number of thiazole rings is 1. The monoisotopic (exact) mass is 444 g/mol. The zero-order valence-corrected chi connectivity index (χ0v) is 16.8. The van der Waals surface area contributed by atoms with Gasteiger partial charge >= 0.3 is 5.97 Å². The largest absolute Gasteiger partial charge is 0.504 e. The molecule has 2 aromatic heterocycles. The lowest BCUT2D eigenvalue weighted by atomic mass is 10.2. The first-order valence-corrected chi connectivity index (χ1v) is 9.73. The van der Waals surface area contributed by atoms with Crippen LogP contribution in [0.2, 0.25) is 0 Å². The molecule has 31 heavy (non-hydrogen) atoms. The molecule has 1 N–H and O–H groups in total. The summed E-state index contributed by atoms with van der Waals surface area (Å²) in [6.07, 6.45) is 0.971. The number of halogens is 2. The molecule has 0 amide bonds. The minimum atomic E-state index is -0.859. The first-order chi connectivity index (χ1) is 15.0. The van der Waals surface area contributed by atoms with Crippen LogP contribution in [0.4, 0.5) is 8.78 Å². The third kappa shape index (κ3) is 4.24. The standard InChI is InChI=1S/C21H14F2N2O5S/c1-28-17-7-11(5-6-16(17)26)20-24-12(10-31-20)8-30-21(27)15-9-29-19(25-15)18-13(22)3-2-4-14(18)23/h2-7,9-10,26H,8H2,1H3. The van der Waals surface area contributed by atoms with Crippen molar-refractivity contribution in [3.63, 3.8) is 0 Å². The van der Waals surface area contributed by atoms with Crippen LogP contribution in [0.1, 0.15) is 16.2 Å². The number of oxazole rings is 1. The second-order valence-corrected chi connectivity index (χ2v) is 7.10. The van der Waals surface area contributed by atoms with Gasteiger partial charge in [0.1, 0.15) is 35.1 Å². The molecule has 0 aliphatic carbocycles. The Bertz CT molecular complexity index is 1230. The number of phenolic OH excluding ortho intramolecular Hbond substituents is 1. The minimum absolute atomic E-state index is 0.0132. The van der Waals surface area contributed by atoms with E-state index in [2.05, 4.69) is 9.97 Å². The first-order valence-electron chi connectivity index (χ1n) is 8.85. The fourth-order valence-corrected chi connectivity index (χ4v) is 3.52. The van der Waals surface area contributed by atoms with E-state index in [0.29, 0.717) is 16.5 Å². The number of rotatable bonds is 6. The number of esters is 1. The number of carbonyl (C=O) groups is 1. The van der Waals surface area contributed by atoms with Gasteiger partial charge in [-0.2, -0.15) is 0 Å². The first kappa shape index (κ1) is 20.5. The molecule has 10 heteroatoms. The maximum Gasteiger partial charge on any atom is 0.360 e. The van der Waals surface area contributed by atoms with Crippen LogP contribution in [0.5, 0.6) is 11.5 Å². The van der Waals surface area contributed by atoms with Crippen LogP contribution in [0.15, 0.2) is 52.5 Å². The molecule has 4 aromatic rings. The van der Waals surface area contributed by atoms with Crippen molar-refractivity contribution in [1.82, 2.24) is 9.97 Å². The molecule has 0 atom stereocenters. The van der Waals surface area contributed by atoms with E-state index in [-0.39, 0.29) is 23.9 Å². The van der Waals surface area contributed by atoms with Crippen molar-refractivity contribution in [3.05, 3.63) is 71.1 Å². The van der Waals surface area contributed by atoms with E-state index in [0.717, 1.165) is 24.0 Å². The van der Waals surface area contributed by atoms with Crippen molar-refractivity contribution >= 4 is 17.3 Å². The van der Waals surface area contributed by atoms with Gasteiger partial charge in [-0.25, -0.2) is 23.5 Å². The maximum atomic E-state index is 13.8. The molecular weight excluding hydrogens is 430 g/mol. The van der Waals surface area contributed by atoms with E-state index in [9.17, 15) is 18.7 Å². The van der Waals surface area contributed by atoms with Crippen molar-refractivity contribution in [2.24, 2.45) is 0 Å². The average molecular weight is 444 g/mol. The van der Waals surface area contributed by atoms with Gasteiger partial charge in [-0.1, -0.05) is 6.07 Å². The predicted molar refractivity (Wildman–Crippen MR) is 107 cm³/mol. The number of ether oxygens (including phenoxy) is 2. The summed E-state index contributed by atoms with van der Waals surface area (Å²) in [6.45, 7) is -0.138. The van der Waals surface area contributed by atoms with Crippen LogP contribution in [0.25, 0.3) is 22.0 Å². The van der Waals surface area contributed by atoms with Crippen LogP contribution in [0.3, 0.4) is 0 Å². The van der Waals surface area contributed by atoms with E-state index in [1.807, 2.05) is 0 Å². The molecule has 158 valence electrons. The molecule has 0 spiro atoms. The van der Waals surface area contributed by atoms with Crippen LogP contribution in [-0.4, -0.2) is 28.2 Å². The molecule has 0 aliphatic heterocycles. The summed E-state index contributed by atoms with van der Waals surface area (Å²) in [5, 5.41) is 12.0. The molecule has 0 saturated carbocycles. The molecule has 0 unspecified atom stereocenters. The Morgan fingerprint density at radius 1 is 1.19 bits per heavy atom. The lowest BCUT2D eigenvalue weighted by Crippen LogP contribution is -2.06. The van der Waals surface area contributed by atoms with Crippen molar-refractivity contribution in [3.8, 4) is 33.5 Å². The summed E-state index contributed by atoms with van der Waals surface area (Å²) in [5.74, 6) is -2.58. The van der Waals surface area contributed by atoms with Crippen molar-refractivity contribution in [2.75, 3.05) is 7.11 Å². The third-order valence-electron chi connectivity index (χ3n) is 4.22. The van der Waals surface area contributed by atoms with E-state index < -0.39 is 23.2 Å². The number of aromatic nitrogens is 2. The summed E-state index contributed by atoms with van der Waals surface area (Å²) in [4.78, 5) is 20.4. The summed E-state index contributed by atoms with van der Waals surface area (Å²) >= 11 is 1.32. The second-order valence-electron chi connectivity index (χ2n) is 6.24. The maximum absolute atomic E-state index is 13.8. The van der Waals surface area contributed by atoms with E-state index in [4.69, 9.17) is 13.9 Å². The number of benzene rings is 2. The predicted octanol–water partition coefficient (Wildman–Crippen LogP) is 4.81. The summed E-state index contributed by atoms with van der Waals surface area (Å²) in [7, 11) is 1.45. The summed E-state index contributed by atoms with van der Waals surface area (Å²) in [6, 6.07) is 8.15. The highest BCUT2D eigenvalue weighted by Gasteiger charge is 2.20. The van der Waals surface area contributed by atoms with Gasteiger partial charge in [0.2, 0.25) is 5.89 Å². The molecule has 0 bridgehead atoms. The zero-order chi connectivity index (χ0) is 22.0. The molecule has 0 saturated heterocycles. The zero-order valence-electron chi connectivity index (χ0n) is 16.0. The van der Waals surface area contributed by atoms with Crippen LogP contribution < -0.4 is 4.74 Å². The number of carbonyl (C=O) groups excluding carboxylic acids is 1. The van der Waals surface area contributed by atoms with E-state index in [1.165, 1.54) is 30.6 Å². The SMILES string of the molecule is COc1cc(-c2nc(COC(=O)c3coc(-c4c(F)cccc4F)n3)cs2)ccc1O.